The number of nitrogens with one attached hydrogen (secondary N) is 2. The molecule has 0 radical (unpaired) electrons. The van der Waals surface area contributed by atoms with E-state index in [-0.39, 0.29) is 0 Å². The van der Waals surface area contributed by atoms with Crippen LogP contribution < -0.4 is 9.80 Å². The zero-order chi connectivity index (χ0) is 19.9. The summed E-state index contributed by atoms with van der Waals surface area (Å²) in [6, 6.07) is 21.2. The van der Waals surface area contributed by atoms with Gasteiger partial charge in [0.2, 0.25) is 0 Å². The smallest absolute Gasteiger partial charge is 0.112 e. The van der Waals surface area contributed by atoms with Gasteiger partial charge >= 0.3 is 0 Å². The van der Waals surface area contributed by atoms with Crippen LogP contribution in [-0.2, 0) is 0 Å². The van der Waals surface area contributed by atoms with E-state index in [4.69, 9.17) is 0 Å². The van der Waals surface area contributed by atoms with Crippen LogP contribution in [0.5, 0.6) is 0 Å². The fourth-order valence-electron chi connectivity index (χ4n) is 4.22. The van der Waals surface area contributed by atoms with E-state index < -0.39 is 0 Å². The molecule has 6 heteroatoms. The number of nitrogens with zero attached hydrogens (tertiary/aromatic N) is 4. The van der Waals surface area contributed by atoms with Crippen LogP contribution in [0.2, 0.25) is 0 Å². The van der Waals surface area contributed by atoms with Crippen molar-refractivity contribution in [3.8, 4) is 0 Å². The van der Waals surface area contributed by atoms with E-state index in [2.05, 4.69) is 115 Å². The van der Waals surface area contributed by atoms with Crippen LogP contribution >= 0.6 is 0 Å². The lowest BCUT2D eigenvalue weighted by Crippen LogP contribution is -2.34. The number of aromatic nitrogens is 2. The van der Waals surface area contributed by atoms with Crippen LogP contribution in [0.4, 0.5) is 11.6 Å². The minimum Gasteiger partial charge on any atom is -0.356 e. The van der Waals surface area contributed by atoms with E-state index in [0.717, 1.165) is 38.1 Å². The first-order chi connectivity index (χ1) is 14.8. The van der Waals surface area contributed by atoms with Crippen molar-refractivity contribution in [3.05, 3.63) is 85.5 Å². The van der Waals surface area contributed by atoms with Crippen LogP contribution in [0.25, 0.3) is 21.8 Å². The van der Waals surface area contributed by atoms with Crippen molar-refractivity contribution in [2.24, 2.45) is 0 Å². The Hall–Kier alpha value is -3.80. The van der Waals surface area contributed by atoms with Crippen molar-refractivity contribution in [1.82, 2.24) is 19.8 Å². The summed E-state index contributed by atoms with van der Waals surface area (Å²) in [5.41, 5.74) is 2.36. The highest BCUT2D eigenvalue weighted by atomic mass is 15.4. The molecule has 0 fully saturated rings. The van der Waals surface area contributed by atoms with Gasteiger partial charge in [-0.05, 0) is 24.3 Å². The lowest BCUT2D eigenvalue weighted by Gasteiger charge is -2.24. The summed E-state index contributed by atoms with van der Waals surface area (Å²) in [6.07, 6.45) is 8.67. The Labute approximate surface area is 175 Å². The Morgan fingerprint density at radius 3 is 1.53 bits per heavy atom. The van der Waals surface area contributed by atoms with Gasteiger partial charge in [0.05, 0.1) is 13.3 Å². The molecule has 0 aliphatic carbocycles. The zero-order valence-electron chi connectivity index (χ0n) is 16.7. The molecule has 6 nitrogen and oxygen atoms in total. The number of para-hydroxylation sites is 2. The Morgan fingerprint density at radius 1 is 0.600 bits per heavy atom. The summed E-state index contributed by atoms with van der Waals surface area (Å²) in [4.78, 5) is 16.2. The third kappa shape index (κ3) is 3.06. The number of anilines is 2. The van der Waals surface area contributed by atoms with Gasteiger partial charge in [-0.15, -0.1) is 0 Å². The largest absolute Gasteiger partial charge is 0.356 e. The highest BCUT2D eigenvalue weighted by Crippen LogP contribution is 2.25. The Morgan fingerprint density at radius 2 is 1.07 bits per heavy atom. The maximum absolute atomic E-state index is 3.51. The van der Waals surface area contributed by atoms with Gasteiger partial charge in [0.15, 0.2) is 0 Å². The average molecular weight is 396 g/mol. The zero-order valence-corrected chi connectivity index (χ0v) is 16.7. The fourth-order valence-corrected chi connectivity index (χ4v) is 4.22. The fraction of sp³-hybridized carbons (Fsp3) is 0.167. The predicted octanol–water partition coefficient (Wildman–Crippen LogP) is 4.45. The molecule has 2 aliphatic rings. The number of benzene rings is 2. The first kappa shape index (κ1) is 17.1. The van der Waals surface area contributed by atoms with Gasteiger partial charge < -0.3 is 29.6 Å². The van der Waals surface area contributed by atoms with E-state index in [1.54, 1.807) is 0 Å². The van der Waals surface area contributed by atoms with Crippen molar-refractivity contribution >= 4 is 33.4 Å². The molecule has 0 saturated heterocycles. The minimum absolute atomic E-state index is 0.871. The monoisotopic (exact) mass is 396 g/mol. The molecule has 6 rings (SSSR count). The van der Waals surface area contributed by atoms with E-state index >= 15 is 0 Å². The van der Waals surface area contributed by atoms with Gasteiger partial charge in [0.1, 0.15) is 11.6 Å². The number of aromatic amines is 2. The lowest BCUT2D eigenvalue weighted by atomic mass is 10.2. The van der Waals surface area contributed by atoms with E-state index in [1.165, 1.54) is 21.8 Å². The molecule has 2 aliphatic heterocycles. The van der Waals surface area contributed by atoms with Crippen LogP contribution in [0.1, 0.15) is 0 Å². The molecule has 0 spiro atoms. The molecule has 2 N–H and O–H groups in total. The second-order valence-corrected chi connectivity index (χ2v) is 7.93. The SMILES string of the molecule is C1=CN(c2cc3ccccc3[nH]2)CN1CCN1C=CN(c2cc3ccccc3[nH]2)C1. The standard InChI is InChI=1S/C24H24N6/c1-3-7-21-19(5-1)15-23(25-21)29-13-11-27(17-29)9-10-28-12-14-30(18-28)24-16-20-6-2-4-8-22(20)26-24/h1-8,11-16,25-26H,9-10,17-18H2. The van der Waals surface area contributed by atoms with Gasteiger partial charge in [-0.3, -0.25) is 0 Å². The Balaban J connectivity index is 1.04. The second kappa shape index (κ2) is 6.91. The first-order valence-electron chi connectivity index (χ1n) is 10.4. The van der Waals surface area contributed by atoms with Crippen molar-refractivity contribution in [2.45, 2.75) is 0 Å². The maximum atomic E-state index is 3.51. The topological polar surface area (TPSA) is 44.5 Å². The third-order valence-electron chi connectivity index (χ3n) is 5.91. The molecule has 4 aromatic rings. The number of rotatable bonds is 5. The third-order valence-corrected chi connectivity index (χ3v) is 5.91. The van der Waals surface area contributed by atoms with Crippen LogP contribution in [0, 0.1) is 0 Å². The Kier molecular flexibility index (Phi) is 3.94. The van der Waals surface area contributed by atoms with Crippen molar-refractivity contribution in [3.63, 3.8) is 0 Å². The molecular formula is C24H24N6. The Bertz CT molecular complexity index is 1080. The van der Waals surface area contributed by atoms with Crippen molar-refractivity contribution in [1.29, 1.82) is 0 Å². The number of hydrogen-bond donors (Lipinski definition) is 2. The molecule has 2 aromatic carbocycles. The number of H-pyrrole nitrogens is 2. The molecule has 0 saturated carbocycles. The second-order valence-electron chi connectivity index (χ2n) is 7.93. The number of hydrogen-bond acceptors (Lipinski definition) is 4. The van der Waals surface area contributed by atoms with Crippen molar-refractivity contribution < 1.29 is 0 Å². The molecule has 30 heavy (non-hydrogen) atoms. The average Bonchev–Trinajstić information content (AvgIpc) is 3.56. The number of fused-ring (bicyclic) bond motifs is 2. The summed E-state index contributed by atoms with van der Waals surface area (Å²) in [5.74, 6) is 2.28. The molecule has 0 atom stereocenters. The quantitative estimate of drug-likeness (QED) is 0.523. The molecule has 0 unspecified atom stereocenters. The lowest BCUT2D eigenvalue weighted by molar-refractivity contribution is 0.322. The molecule has 150 valence electrons. The predicted molar refractivity (Wildman–Crippen MR) is 123 cm³/mol. The molecule has 4 heterocycles. The van der Waals surface area contributed by atoms with Crippen molar-refractivity contribution in [2.75, 3.05) is 36.2 Å². The highest BCUT2D eigenvalue weighted by molar-refractivity contribution is 5.85. The summed E-state index contributed by atoms with van der Waals surface area (Å²) in [5, 5.41) is 2.50. The van der Waals surface area contributed by atoms with Gasteiger partial charge in [-0.25, -0.2) is 0 Å². The van der Waals surface area contributed by atoms with Crippen LogP contribution in [0.3, 0.4) is 0 Å². The van der Waals surface area contributed by atoms with E-state index in [1.807, 2.05) is 0 Å². The molecule has 2 aromatic heterocycles. The van der Waals surface area contributed by atoms with Crippen LogP contribution in [0.15, 0.2) is 85.5 Å². The van der Waals surface area contributed by atoms with Gasteiger partial charge in [0, 0.05) is 59.7 Å². The maximum Gasteiger partial charge on any atom is 0.112 e. The van der Waals surface area contributed by atoms with Gasteiger partial charge in [0.25, 0.3) is 0 Å². The van der Waals surface area contributed by atoms with Crippen LogP contribution in [-0.4, -0.2) is 46.2 Å². The summed E-state index contributed by atoms with van der Waals surface area (Å²) < 4.78 is 0. The minimum atomic E-state index is 0.871. The van der Waals surface area contributed by atoms with Gasteiger partial charge in [-0.2, -0.15) is 0 Å². The highest BCUT2D eigenvalue weighted by Gasteiger charge is 2.19. The molecule has 0 amide bonds. The first-order valence-corrected chi connectivity index (χ1v) is 10.4. The summed E-state index contributed by atoms with van der Waals surface area (Å²) >= 11 is 0. The summed E-state index contributed by atoms with van der Waals surface area (Å²) in [6.45, 7) is 3.71. The van der Waals surface area contributed by atoms with E-state index in [9.17, 15) is 0 Å². The van der Waals surface area contributed by atoms with Gasteiger partial charge in [-0.1, -0.05) is 36.4 Å². The molecule has 0 bridgehead atoms. The normalized spacial score (nSPS) is 16.1. The summed E-state index contributed by atoms with van der Waals surface area (Å²) in [7, 11) is 0. The molecular weight excluding hydrogens is 372 g/mol. The van der Waals surface area contributed by atoms with E-state index in [0.29, 0.717) is 0 Å².